The minimum atomic E-state index is -0.131. The molecule has 7 heteroatoms. The van der Waals surface area contributed by atoms with Gasteiger partial charge < -0.3 is 29.5 Å². The van der Waals surface area contributed by atoms with Gasteiger partial charge in [-0.15, -0.1) is 0 Å². The molecule has 2 aromatic carbocycles. The summed E-state index contributed by atoms with van der Waals surface area (Å²) in [5.74, 6) is 0.498. The molecule has 1 unspecified atom stereocenters. The fraction of sp³-hybridized carbons (Fsp3) is 0.480. The number of phenolic OH excluding ortho intramolecular Hbond substituents is 1. The van der Waals surface area contributed by atoms with Crippen molar-refractivity contribution in [3.63, 3.8) is 0 Å². The molecule has 2 amide bonds. The summed E-state index contributed by atoms with van der Waals surface area (Å²) in [5, 5.41) is 12.9. The van der Waals surface area contributed by atoms with Gasteiger partial charge in [0.2, 0.25) is 0 Å². The van der Waals surface area contributed by atoms with E-state index in [0.717, 1.165) is 49.1 Å². The molecule has 1 aliphatic carbocycles. The largest absolute Gasteiger partial charge is 0.504 e. The zero-order valence-electron chi connectivity index (χ0n) is 18.6. The molecular weight excluding hydrogens is 408 g/mol. The highest BCUT2D eigenvalue weighted by atomic mass is 16.5. The van der Waals surface area contributed by atoms with E-state index < -0.39 is 0 Å². The molecule has 1 heterocycles. The van der Waals surface area contributed by atoms with Crippen LogP contribution >= 0.6 is 0 Å². The zero-order valence-corrected chi connectivity index (χ0v) is 18.6. The van der Waals surface area contributed by atoms with Gasteiger partial charge in [-0.25, -0.2) is 4.79 Å². The van der Waals surface area contributed by atoms with Gasteiger partial charge in [-0.2, -0.15) is 0 Å². The van der Waals surface area contributed by atoms with Crippen LogP contribution in [0.15, 0.2) is 42.5 Å². The van der Waals surface area contributed by atoms with E-state index in [0.29, 0.717) is 25.5 Å². The number of nitrogens with one attached hydrogen (secondary N) is 1. The van der Waals surface area contributed by atoms with Crippen molar-refractivity contribution >= 4 is 11.7 Å². The molecule has 2 N–H and O–H groups in total. The zero-order chi connectivity index (χ0) is 22.3. The molecule has 2 aliphatic rings. The van der Waals surface area contributed by atoms with Gasteiger partial charge in [0.15, 0.2) is 11.5 Å². The van der Waals surface area contributed by atoms with E-state index in [1.165, 1.54) is 13.5 Å². The number of phenols is 1. The summed E-state index contributed by atoms with van der Waals surface area (Å²) in [7, 11) is 1.52. The number of benzene rings is 2. The van der Waals surface area contributed by atoms with Crippen molar-refractivity contribution < 1.29 is 24.1 Å². The number of anilines is 1. The number of methoxy groups -OCH3 is 1. The maximum absolute atomic E-state index is 13.0. The Labute approximate surface area is 189 Å². The van der Waals surface area contributed by atoms with Crippen LogP contribution in [0.2, 0.25) is 0 Å². The summed E-state index contributed by atoms with van der Waals surface area (Å²) >= 11 is 0. The first kappa shape index (κ1) is 22.4. The van der Waals surface area contributed by atoms with Crippen LogP contribution < -0.4 is 10.1 Å². The van der Waals surface area contributed by atoms with Gasteiger partial charge >= 0.3 is 6.03 Å². The number of rotatable bonds is 9. The second-order valence-corrected chi connectivity index (χ2v) is 8.50. The Balaban J connectivity index is 1.33. The lowest BCUT2D eigenvalue weighted by Gasteiger charge is -2.24. The lowest BCUT2D eigenvalue weighted by atomic mass is 10.1. The van der Waals surface area contributed by atoms with Crippen molar-refractivity contribution in [3.05, 3.63) is 53.6 Å². The summed E-state index contributed by atoms with van der Waals surface area (Å²) < 4.78 is 16.7. The molecule has 1 saturated carbocycles. The Morgan fingerprint density at radius 1 is 1.16 bits per heavy atom. The summed E-state index contributed by atoms with van der Waals surface area (Å²) in [5.41, 5.74) is 2.67. The number of hydrogen-bond donors (Lipinski definition) is 2. The average molecular weight is 441 g/mol. The van der Waals surface area contributed by atoms with Crippen LogP contribution in [0.3, 0.4) is 0 Å². The molecule has 172 valence electrons. The Morgan fingerprint density at radius 3 is 2.78 bits per heavy atom. The molecule has 0 bridgehead atoms. The van der Waals surface area contributed by atoms with Gasteiger partial charge in [-0.3, -0.25) is 0 Å². The normalized spacial score (nSPS) is 18.2. The molecule has 4 rings (SSSR count). The Bertz CT molecular complexity index is 909. The molecule has 1 aliphatic heterocycles. The second-order valence-electron chi connectivity index (χ2n) is 8.50. The first-order chi connectivity index (χ1) is 15.6. The van der Waals surface area contributed by atoms with Crippen LogP contribution in [-0.2, 0) is 22.6 Å². The van der Waals surface area contributed by atoms with Gasteiger partial charge in [-0.1, -0.05) is 18.2 Å². The number of hydrogen-bond acceptors (Lipinski definition) is 5. The summed E-state index contributed by atoms with van der Waals surface area (Å²) in [6.07, 6.45) is 5.58. The Morgan fingerprint density at radius 2 is 2.03 bits per heavy atom. The molecule has 0 aromatic heterocycles. The molecule has 1 saturated heterocycles. The maximum Gasteiger partial charge on any atom is 0.322 e. The highest BCUT2D eigenvalue weighted by Gasteiger charge is 2.32. The van der Waals surface area contributed by atoms with E-state index in [-0.39, 0.29) is 23.9 Å². The van der Waals surface area contributed by atoms with Crippen molar-refractivity contribution in [1.82, 2.24) is 4.90 Å². The quantitative estimate of drug-likeness (QED) is 0.592. The molecular formula is C25H32N2O5. The highest BCUT2D eigenvalue weighted by Crippen LogP contribution is 2.31. The first-order valence-electron chi connectivity index (χ1n) is 11.3. The molecule has 2 fully saturated rings. The number of urea groups is 1. The SMILES string of the molecule is COc1cc(CN(C(=O)Nc2cccc(COCC3CCCCO3)c2)C2CC2)ccc1O. The lowest BCUT2D eigenvalue weighted by molar-refractivity contribution is -0.0447. The van der Waals surface area contributed by atoms with E-state index in [4.69, 9.17) is 14.2 Å². The third kappa shape index (κ3) is 6.14. The fourth-order valence-electron chi connectivity index (χ4n) is 3.95. The van der Waals surface area contributed by atoms with Gasteiger partial charge in [0, 0.05) is 24.9 Å². The predicted octanol–water partition coefficient (Wildman–Crippen LogP) is 4.68. The number of carbonyl (C=O) groups excluding carboxylic acids is 1. The summed E-state index contributed by atoms with van der Waals surface area (Å²) in [4.78, 5) is 14.9. The number of aromatic hydroxyl groups is 1. The highest BCUT2D eigenvalue weighted by molar-refractivity contribution is 5.89. The van der Waals surface area contributed by atoms with E-state index >= 15 is 0 Å². The Hall–Kier alpha value is -2.77. The number of ether oxygens (including phenoxy) is 3. The van der Waals surface area contributed by atoms with Gasteiger partial charge in [0.25, 0.3) is 0 Å². The van der Waals surface area contributed by atoms with Crippen molar-refractivity contribution in [1.29, 1.82) is 0 Å². The molecule has 0 spiro atoms. The lowest BCUT2D eigenvalue weighted by Crippen LogP contribution is -2.36. The topological polar surface area (TPSA) is 80.3 Å². The minimum Gasteiger partial charge on any atom is -0.504 e. The van der Waals surface area contributed by atoms with E-state index in [1.807, 2.05) is 35.2 Å². The predicted molar refractivity (Wildman–Crippen MR) is 122 cm³/mol. The second kappa shape index (κ2) is 10.7. The smallest absolute Gasteiger partial charge is 0.322 e. The van der Waals surface area contributed by atoms with E-state index in [2.05, 4.69) is 5.32 Å². The van der Waals surface area contributed by atoms with Crippen molar-refractivity contribution in [3.8, 4) is 11.5 Å². The number of amides is 2. The van der Waals surface area contributed by atoms with Gasteiger partial charge in [-0.05, 0) is 67.5 Å². The maximum atomic E-state index is 13.0. The van der Waals surface area contributed by atoms with Crippen LogP contribution in [0, 0.1) is 0 Å². The van der Waals surface area contributed by atoms with Crippen LogP contribution in [0.1, 0.15) is 43.2 Å². The molecule has 2 aromatic rings. The summed E-state index contributed by atoms with van der Waals surface area (Å²) in [6.45, 7) is 2.37. The Kier molecular flexibility index (Phi) is 7.50. The van der Waals surface area contributed by atoms with Gasteiger partial charge in [0.1, 0.15) is 0 Å². The molecule has 0 radical (unpaired) electrons. The fourth-order valence-corrected chi connectivity index (χ4v) is 3.95. The van der Waals surface area contributed by atoms with Crippen LogP contribution in [0.5, 0.6) is 11.5 Å². The standard InChI is InChI=1S/C25H32N2O5/c1-30-24-14-18(8-11-23(24)28)15-27(21-9-10-21)25(29)26-20-6-4-5-19(13-20)16-31-17-22-7-2-3-12-32-22/h4-6,8,11,13-14,21-22,28H,2-3,7,9-10,12,15-17H2,1H3,(H,26,29). The number of nitrogens with zero attached hydrogens (tertiary/aromatic N) is 1. The van der Waals surface area contributed by atoms with Crippen LogP contribution in [-0.4, -0.2) is 48.5 Å². The first-order valence-corrected chi connectivity index (χ1v) is 11.3. The minimum absolute atomic E-state index is 0.0905. The number of carbonyl (C=O) groups is 1. The van der Waals surface area contributed by atoms with Crippen molar-refractivity contribution in [2.75, 3.05) is 25.6 Å². The van der Waals surface area contributed by atoms with Crippen LogP contribution in [0.25, 0.3) is 0 Å². The third-order valence-corrected chi connectivity index (χ3v) is 5.87. The molecule has 32 heavy (non-hydrogen) atoms. The van der Waals surface area contributed by atoms with Crippen molar-refractivity contribution in [2.45, 2.75) is 57.4 Å². The van der Waals surface area contributed by atoms with Crippen LogP contribution in [0.4, 0.5) is 10.5 Å². The molecule has 1 atom stereocenters. The summed E-state index contributed by atoms with van der Waals surface area (Å²) in [6, 6.07) is 13.1. The monoisotopic (exact) mass is 440 g/mol. The average Bonchev–Trinajstić information content (AvgIpc) is 3.64. The van der Waals surface area contributed by atoms with E-state index in [9.17, 15) is 9.90 Å². The molecule has 7 nitrogen and oxygen atoms in total. The third-order valence-electron chi connectivity index (χ3n) is 5.87. The van der Waals surface area contributed by atoms with E-state index in [1.54, 1.807) is 12.1 Å². The van der Waals surface area contributed by atoms with Crippen molar-refractivity contribution in [2.24, 2.45) is 0 Å². The van der Waals surface area contributed by atoms with Gasteiger partial charge in [0.05, 0.1) is 26.4 Å².